The zero-order valence-electron chi connectivity index (χ0n) is 9.82. The van der Waals surface area contributed by atoms with Crippen molar-refractivity contribution in [1.29, 1.82) is 0 Å². The summed E-state index contributed by atoms with van der Waals surface area (Å²) in [6.45, 7) is 2.27. The van der Waals surface area contributed by atoms with Crippen LogP contribution < -0.4 is 19.7 Å². The molecule has 4 heteroatoms. The Kier molecular flexibility index (Phi) is 3.51. The minimum atomic E-state index is 0.728. The average Bonchev–Trinajstić information content (AvgIpc) is 2.53. The summed E-state index contributed by atoms with van der Waals surface area (Å²) >= 11 is 0. The second kappa shape index (κ2) is 5.07. The van der Waals surface area contributed by atoms with Crippen LogP contribution >= 0.6 is 0 Å². The molecule has 1 aliphatic heterocycles. The molecule has 1 aromatic rings. The number of rotatable bonds is 3. The molecule has 1 heterocycles. The summed E-state index contributed by atoms with van der Waals surface area (Å²) in [5.41, 5.74) is 1.12. The number of hydrogen-bond acceptors (Lipinski definition) is 4. The van der Waals surface area contributed by atoms with Gasteiger partial charge in [0.25, 0.3) is 0 Å². The maximum absolute atomic E-state index is 5.65. The van der Waals surface area contributed by atoms with Crippen LogP contribution in [0.2, 0.25) is 0 Å². The Morgan fingerprint density at radius 2 is 2.00 bits per heavy atom. The third-order valence-electron chi connectivity index (χ3n) is 2.57. The van der Waals surface area contributed by atoms with Gasteiger partial charge in [-0.1, -0.05) is 0 Å². The van der Waals surface area contributed by atoms with Gasteiger partial charge in [-0.2, -0.15) is 0 Å². The van der Waals surface area contributed by atoms with Crippen molar-refractivity contribution in [2.75, 3.05) is 38.9 Å². The molecule has 2 rings (SSSR count). The Hall–Kier alpha value is -1.42. The lowest BCUT2D eigenvalue weighted by Crippen LogP contribution is -2.28. The molecule has 0 bridgehead atoms. The Morgan fingerprint density at radius 3 is 2.75 bits per heavy atom. The minimum absolute atomic E-state index is 0.728. The number of anilines is 1. The van der Waals surface area contributed by atoms with Gasteiger partial charge in [-0.25, -0.2) is 0 Å². The molecule has 0 amide bonds. The number of nitrogens with one attached hydrogen (secondary N) is 1. The highest BCUT2D eigenvalue weighted by Gasteiger charge is 2.11. The lowest BCUT2D eigenvalue weighted by atomic mass is 10.2. The fourth-order valence-electron chi connectivity index (χ4n) is 1.72. The SMILES string of the molecule is CNCN(C)c1ccc2c(c1)OCCCO2. The van der Waals surface area contributed by atoms with Crippen molar-refractivity contribution < 1.29 is 9.47 Å². The molecule has 0 saturated heterocycles. The van der Waals surface area contributed by atoms with Gasteiger partial charge in [0.1, 0.15) is 0 Å². The molecule has 88 valence electrons. The van der Waals surface area contributed by atoms with Gasteiger partial charge < -0.3 is 19.7 Å². The van der Waals surface area contributed by atoms with E-state index in [0.717, 1.165) is 43.5 Å². The van der Waals surface area contributed by atoms with Crippen LogP contribution in [0.1, 0.15) is 6.42 Å². The highest BCUT2D eigenvalue weighted by molar-refractivity contribution is 5.56. The molecule has 16 heavy (non-hydrogen) atoms. The van der Waals surface area contributed by atoms with Crippen LogP contribution in [0.5, 0.6) is 11.5 Å². The van der Waals surface area contributed by atoms with Gasteiger partial charge in [0.2, 0.25) is 0 Å². The van der Waals surface area contributed by atoms with E-state index in [0.29, 0.717) is 0 Å². The van der Waals surface area contributed by atoms with E-state index >= 15 is 0 Å². The third-order valence-corrected chi connectivity index (χ3v) is 2.57. The Labute approximate surface area is 96.2 Å². The largest absolute Gasteiger partial charge is 0.490 e. The van der Waals surface area contributed by atoms with E-state index in [2.05, 4.69) is 10.2 Å². The zero-order valence-corrected chi connectivity index (χ0v) is 9.82. The average molecular weight is 222 g/mol. The first kappa shape index (κ1) is 11.1. The number of nitrogens with zero attached hydrogens (tertiary/aromatic N) is 1. The zero-order chi connectivity index (χ0) is 11.4. The summed E-state index contributed by atoms with van der Waals surface area (Å²) in [6.07, 6.45) is 0.941. The van der Waals surface area contributed by atoms with Crippen LogP contribution in [-0.4, -0.2) is 34.0 Å². The van der Waals surface area contributed by atoms with E-state index in [-0.39, 0.29) is 0 Å². The topological polar surface area (TPSA) is 33.7 Å². The van der Waals surface area contributed by atoms with Crippen LogP contribution in [0.4, 0.5) is 5.69 Å². The molecule has 0 saturated carbocycles. The first-order valence-electron chi connectivity index (χ1n) is 5.56. The molecule has 0 radical (unpaired) electrons. The van der Waals surface area contributed by atoms with Crippen LogP contribution in [0.25, 0.3) is 0 Å². The summed E-state index contributed by atoms with van der Waals surface area (Å²) in [5, 5.41) is 3.11. The van der Waals surface area contributed by atoms with E-state index in [4.69, 9.17) is 9.47 Å². The predicted octanol–water partition coefficient (Wildman–Crippen LogP) is 1.46. The lowest BCUT2D eigenvalue weighted by Gasteiger charge is -2.20. The molecule has 0 spiro atoms. The Balaban J connectivity index is 2.20. The molecule has 1 N–H and O–H groups in total. The van der Waals surface area contributed by atoms with Gasteiger partial charge in [0.05, 0.1) is 19.9 Å². The molecule has 0 atom stereocenters. The summed E-state index contributed by atoms with van der Waals surface area (Å²) in [5.74, 6) is 1.69. The molecule has 4 nitrogen and oxygen atoms in total. The molecule has 0 aromatic heterocycles. The number of fused-ring (bicyclic) bond motifs is 1. The minimum Gasteiger partial charge on any atom is -0.490 e. The molecular formula is C12H18N2O2. The molecule has 1 aromatic carbocycles. The van der Waals surface area contributed by atoms with E-state index in [1.807, 2.05) is 32.3 Å². The van der Waals surface area contributed by atoms with Gasteiger partial charge in [-0.15, -0.1) is 0 Å². The van der Waals surface area contributed by atoms with Crippen LogP contribution in [0, 0.1) is 0 Å². The Bertz CT molecular complexity index is 355. The third kappa shape index (κ3) is 2.39. The quantitative estimate of drug-likeness (QED) is 0.785. The van der Waals surface area contributed by atoms with Crippen LogP contribution in [0.3, 0.4) is 0 Å². The summed E-state index contributed by atoms with van der Waals surface area (Å²) in [6, 6.07) is 6.05. The monoisotopic (exact) mass is 222 g/mol. The second-order valence-corrected chi connectivity index (χ2v) is 3.89. The molecule has 1 aliphatic rings. The first-order chi connectivity index (χ1) is 7.81. The molecular weight excluding hydrogens is 204 g/mol. The maximum atomic E-state index is 5.65. The molecule has 0 fully saturated rings. The first-order valence-corrected chi connectivity index (χ1v) is 5.56. The van der Waals surface area contributed by atoms with Crippen molar-refractivity contribution in [3.8, 4) is 11.5 Å². The summed E-state index contributed by atoms with van der Waals surface area (Å²) < 4.78 is 11.2. The van der Waals surface area contributed by atoms with Crippen molar-refractivity contribution in [2.24, 2.45) is 0 Å². The maximum Gasteiger partial charge on any atom is 0.163 e. The highest BCUT2D eigenvalue weighted by atomic mass is 16.5. The van der Waals surface area contributed by atoms with Gasteiger partial charge in [0, 0.05) is 25.2 Å². The fourth-order valence-corrected chi connectivity index (χ4v) is 1.72. The standard InChI is InChI=1S/C12H18N2O2/c1-13-9-14(2)10-4-5-11-12(8-10)16-7-3-6-15-11/h4-5,8,13H,3,6-7,9H2,1-2H3. The highest BCUT2D eigenvalue weighted by Crippen LogP contribution is 2.33. The molecule has 0 aliphatic carbocycles. The van der Waals surface area contributed by atoms with Crippen molar-refractivity contribution in [3.05, 3.63) is 18.2 Å². The van der Waals surface area contributed by atoms with Gasteiger partial charge in [0.15, 0.2) is 11.5 Å². The van der Waals surface area contributed by atoms with E-state index in [1.54, 1.807) is 0 Å². The van der Waals surface area contributed by atoms with Crippen molar-refractivity contribution in [1.82, 2.24) is 5.32 Å². The van der Waals surface area contributed by atoms with Gasteiger partial charge in [-0.3, -0.25) is 0 Å². The predicted molar refractivity (Wildman–Crippen MR) is 64.4 cm³/mol. The lowest BCUT2D eigenvalue weighted by molar-refractivity contribution is 0.297. The van der Waals surface area contributed by atoms with Gasteiger partial charge >= 0.3 is 0 Å². The Morgan fingerprint density at radius 1 is 1.25 bits per heavy atom. The van der Waals surface area contributed by atoms with Crippen LogP contribution in [-0.2, 0) is 0 Å². The fraction of sp³-hybridized carbons (Fsp3) is 0.500. The van der Waals surface area contributed by atoms with Gasteiger partial charge in [-0.05, 0) is 19.2 Å². The normalized spacial score (nSPS) is 14.4. The second-order valence-electron chi connectivity index (χ2n) is 3.89. The smallest absolute Gasteiger partial charge is 0.163 e. The van der Waals surface area contributed by atoms with Crippen LogP contribution in [0.15, 0.2) is 18.2 Å². The van der Waals surface area contributed by atoms with Crippen molar-refractivity contribution in [3.63, 3.8) is 0 Å². The number of ether oxygens (including phenoxy) is 2. The van der Waals surface area contributed by atoms with E-state index in [9.17, 15) is 0 Å². The molecule has 0 unspecified atom stereocenters. The number of hydrogen-bond donors (Lipinski definition) is 1. The van der Waals surface area contributed by atoms with Crippen molar-refractivity contribution >= 4 is 5.69 Å². The summed E-state index contributed by atoms with van der Waals surface area (Å²) in [7, 11) is 3.97. The number of benzene rings is 1. The van der Waals surface area contributed by atoms with Crippen molar-refractivity contribution in [2.45, 2.75) is 6.42 Å². The van der Waals surface area contributed by atoms with E-state index in [1.165, 1.54) is 0 Å². The summed E-state index contributed by atoms with van der Waals surface area (Å²) in [4.78, 5) is 2.12. The van der Waals surface area contributed by atoms with E-state index < -0.39 is 0 Å².